The Morgan fingerprint density at radius 3 is 2.32 bits per heavy atom. The van der Waals surface area contributed by atoms with E-state index in [9.17, 15) is 33.1 Å². The number of fused-ring (bicyclic) bond motifs is 1. The summed E-state index contributed by atoms with van der Waals surface area (Å²) in [4.78, 5) is 72.6. The number of aromatic nitrogens is 3. The molecule has 10 N–H and O–H groups in total. The number of benzene rings is 2. The molecule has 26 heteroatoms. The fourth-order valence-corrected chi connectivity index (χ4v) is 11.2. The number of ether oxygens (including phenoxy) is 3. The highest BCUT2D eigenvalue weighted by molar-refractivity contribution is 8.76. The summed E-state index contributed by atoms with van der Waals surface area (Å²) in [5, 5.41) is 0.265. The fraction of sp³-hybridized carbons (Fsp3) is 0.353. The molecular weight excluding hydrogens is 889 g/mol. The average molecular weight is 931 g/mol. The van der Waals surface area contributed by atoms with Gasteiger partial charge in [0, 0.05) is 36.2 Å². The lowest BCUT2D eigenvalue weighted by atomic mass is 10.0. The molecule has 4 aromatic rings. The van der Waals surface area contributed by atoms with Gasteiger partial charge in [-0.3, -0.25) is 4.52 Å². The van der Waals surface area contributed by atoms with Crippen LogP contribution in [0.1, 0.15) is 75.2 Å². The number of esters is 2. The lowest BCUT2D eigenvalue weighted by Gasteiger charge is -2.21. The summed E-state index contributed by atoms with van der Waals surface area (Å²) in [5.41, 5.74) is 20.2. The highest BCUT2D eigenvalue weighted by Gasteiger charge is 2.45. The van der Waals surface area contributed by atoms with Gasteiger partial charge in [-0.1, -0.05) is 69.8 Å². The third kappa shape index (κ3) is 12.7. The first-order chi connectivity index (χ1) is 28.3. The fourth-order valence-electron chi connectivity index (χ4n) is 5.92. The Balaban J connectivity index is 1.39. The third-order valence-corrected chi connectivity index (χ3v) is 15.1. The van der Waals surface area contributed by atoms with Crippen molar-refractivity contribution in [3.63, 3.8) is 0 Å². The molecule has 2 aromatic heterocycles. The van der Waals surface area contributed by atoms with Crippen molar-refractivity contribution in [1.82, 2.24) is 14.5 Å². The van der Waals surface area contributed by atoms with Crippen LogP contribution in [0, 0.1) is 11.8 Å². The predicted molar refractivity (Wildman–Crippen MR) is 220 cm³/mol. The van der Waals surface area contributed by atoms with Gasteiger partial charge in [0.05, 0.1) is 28.7 Å². The van der Waals surface area contributed by atoms with Crippen LogP contribution >= 0.6 is 45.1 Å². The monoisotopic (exact) mass is 930 g/mol. The number of nitrogens with zero attached hydrogens (tertiary/aromatic N) is 3. The summed E-state index contributed by atoms with van der Waals surface area (Å²) in [5.74, 6) is 5.09. The normalized spacial score (nSPS) is 19.7. The lowest BCUT2D eigenvalue weighted by molar-refractivity contribution is -0.0489. The van der Waals surface area contributed by atoms with E-state index in [-0.39, 0.29) is 35.3 Å². The zero-order valence-electron chi connectivity index (χ0n) is 31.7. The second-order valence-electron chi connectivity index (χ2n) is 12.8. The molecule has 1 aliphatic heterocycles. The number of hydrogen-bond acceptors (Lipinski definition) is 18. The van der Waals surface area contributed by atoms with E-state index in [2.05, 4.69) is 30.4 Å². The first-order valence-corrected chi connectivity index (χ1v) is 24.5. The van der Waals surface area contributed by atoms with Crippen molar-refractivity contribution in [2.75, 3.05) is 31.2 Å². The minimum absolute atomic E-state index is 0.0289. The standard InChI is InChI=1S/C34H41N6O15P3S2/c1-20(36)23-9-3-5-11-25(23)34(42)53-27-16-29(52-28(27)18-51-57(46,47)55-58(48,49)54-56(43,44)45)40-17-22(30-31(37)38-19-39-32(30)40)8-7-14-50-33(41)26-12-6-4-10-24(26)21(2)60-59-15-13-35/h3-6,9-12,17,19-21,27-29H,13-16,18,35-36H2,1-2H3,(H,46,47)(H,48,49)(H2,37,38,39)(H2,43,44,45)/t20?,21?,27-,28?,29-/m1/s1. The van der Waals surface area contributed by atoms with Crippen LogP contribution in [-0.2, 0) is 41.1 Å². The minimum Gasteiger partial charge on any atom is -0.456 e. The number of carbonyl (C=O) groups excluding carboxylic acids is 2. The molecular formula is C34H41N6O15P3S2. The quantitative estimate of drug-likeness (QED) is 0.0237. The zero-order chi connectivity index (χ0) is 43.8. The molecule has 5 rings (SSSR count). The maximum atomic E-state index is 13.5. The van der Waals surface area contributed by atoms with Crippen LogP contribution in [0.3, 0.4) is 0 Å². The molecule has 5 unspecified atom stereocenters. The number of nitrogen functional groups attached to an aromatic ring is 1. The van der Waals surface area contributed by atoms with Crippen LogP contribution in [0.4, 0.5) is 5.82 Å². The zero-order valence-corrected chi connectivity index (χ0v) is 36.0. The maximum absolute atomic E-state index is 13.5. The molecule has 0 bridgehead atoms. The van der Waals surface area contributed by atoms with Crippen molar-refractivity contribution in [3.05, 3.63) is 88.9 Å². The smallest absolute Gasteiger partial charge is 0.456 e. The SMILES string of the molecule is CC(N)c1ccccc1C(=O)O[C@@H]1C[C@H](n2cc(C#CCOC(=O)c3ccccc3C(C)SSCCN)c3c(N)ncnc32)OC1COP(=O)(O)OP(=O)(O)OP(=O)(O)O. The molecule has 7 atom stereocenters. The van der Waals surface area contributed by atoms with Crippen LogP contribution in [0.25, 0.3) is 11.0 Å². The largest absolute Gasteiger partial charge is 0.490 e. The Kier molecular flexibility index (Phi) is 16.2. The number of phosphoric acid groups is 3. The van der Waals surface area contributed by atoms with Crippen LogP contribution in [0.2, 0.25) is 0 Å². The van der Waals surface area contributed by atoms with E-state index in [0.29, 0.717) is 28.6 Å². The molecule has 0 spiro atoms. The Morgan fingerprint density at radius 1 is 0.983 bits per heavy atom. The summed E-state index contributed by atoms with van der Waals surface area (Å²) in [7, 11) is -13.9. The van der Waals surface area contributed by atoms with E-state index in [1.807, 2.05) is 19.1 Å². The summed E-state index contributed by atoms with van der Waals surface area (Å²) in [6.07, 6.45) is -1.15. The van der Waals surface area contributed by atoms with Gasteiger partial charge < -0.3 is 55.6 Å². The predicted octanol–water partition coefficient (Wildman–Crippen LogP) is 4.50. The maximum Gasteiger partial charge on any atom is 0.490 e. The molecule has 0 aliphatic carbocycles. The molecule has 1 fully saturated rings. The number of rotatable bonds is 18. The van der Waals surface area contributed by atoms with E-state index in [1.54, 1.807) is 58.8 Å². The topological polar surface area (TPSA) is 330 Å². The van der Waals surface area contributed by atoms with E-state index in [1.165, 1.54) is 23.2 Å². The number of anilines is 1. The van der Waals surface area contributed by atoms with Gasteiger partial charge in [0.2, 0.25) is 0 Å². The second-order valence-corrected chi connectivity index (χ2v) is 20.0. The van der Waals surface area contributed by atoms with Crippen molar-refractivity contribution >= 4 is 73.8 Å². The first-order valence-electron chi connectivity index (χ1n) is 17.6. The molecule has 60 heavy (non-hydrogen) atoms. The molecule has 2 aromatic carbocycles. The van der Waals surface area contributed by atoms with Gasteiger partial charge in [-0.25, -0.2) is 33.3 Å². The molecule has 3 heterocycles. The van der Waals surface area contributed by atoms with Gasteiger partial charge in [0.15, 0.2) is 6.61 Å². The van der Waals surface area contributed by atoms with Crippen LogP contribution in [0.5, 0.6) is 0 Å². The Morgan fingerprint density at radius 2 is 1.65 bits per heavy atom. The lowest BCUT2D eigenvalue weighted by Crippen LogP contribution is -2.31. The number of nitrogens with two attached hydrogens (primary N) is 3. The van der Waals surface area contributed by atoms with Gasteiger partial charge >= 0.3 is 35.4 Å². The van der Waals surface area contributed by atoms with Crippen LogP contribution in [-0.4, -0.2) is 83.8 Å². The van der Waals surface area contributed by atoms with E-state index < -0.39 is 66.5 Å². The molecule has 1 saturated heterocycles. The van der Waals surface area contributed by atoms with Gasteiger partial charge in [0.25, 0.3) is 0 Å². The van der Waals surface area contributed by atoms with Gasteiger partial charge in [-0.15, -0.1) is 0 Å². The van der Waals surface area contributed by atoms with Crippen LogP contribution < -0.4 is 17.2 Å². The molecule has 21 nitrogen and oxygen atoms in total. The molecule has 1 aliphatic rings. The molecule has 324 valence electrons. The summed E-state index contributed by atoms with van der Waals surface area (Å²) in [6, 6.07) is 12.9. The van der Waals surface area contributed by atoms with Crippen molar-refractivity contribution < 1.29 is 70.2 Å². The van der Waals surface area contributed by atoms with E-state index in [0.717, 1.165) is 11.3 Å². The number of carbonyl (C=O) groups is 2. The van der Waals surface area contributed by atoms with Crippen molar-refractivity contribution in [2.45, 2.75) is 50.0 Å². The highest BCUT2D eigenvalue weighted by Crippen LogP contribution is 2.66. The summed E-state index contributed by atoms with van der Waals surface area (Å²) in [6.45, 7) is 2.92. The third-order valence-electron chi connectivity index (χ3n) is 8.41. The number of hydrogen-bond donors (Lipinski definition) is 7. The molecule has 0 amide bonds. The van der Waals surface area contributed by atoms with Crippen molar-refractivity contribution in [2.24, 2.45) is 11.5 Å². The molecule has 0 saturated carbocycles. The highest BCUT2D eigenvalue weighted by atomic mass is 33.1. The van der Waals surface area contributed by atoms with Gasteiger partial charge in [0.1, 0.15) is 36.2 Å². The Labute approximate surface area is 350 Å². The summed E-state index contributed by atoms with van der Waals surface area (Å²) >= 11 is 0. The first kappa shape index (κ1) is 47.4. The summed E-state index contributed by atoms with van der Waals surface area (Å²) < 4.78 is 67.1. The molecule has 0 radical (unpaired) electrons. The van der Waals surface area contributed by atoms with Crippen molar-refractivity contribution in [1.29, 1.82) is 0 Å². The van der Waals surface area contributed by atoms with Gasteiger partial charge in [-0.05, 0) is 37.1 Å². The van der Waals surface area contributed by atoms with Gasteiger partial charge in [-0.2, -0.15) is 8.62 Å². The van der Waals surface area contributed by atoms with Crippen molar-refractivity contribution in [3.8, 4) is 11.8 Å². The Bertz CT molecular complexity index is 2410. The van der Waals surface area contributed by atoms with E-state index >= 15 is 0 Å². The second kappa shape index (κ2) is 20.5. The Hall–Kier alpha value is -3.65. The average Bonchev–Trinajstić information content (AvgIpc) is 3.75. The number of phosphoric ester groups is 1. The van der Waals surface area contributed by atoms with E-state index in [4.69, 9.17) is 45.7 Å². The van der Waals surface area contributed by atoms with Crippen LogP contribution in [0.15, 0.2) is 61.1 Å². The minimum atomic E-state index is -5.84.